The molecule has 2 aliphatic rings. The first-order valence-corrected chi connectivity index (χ1v) is 8.51. The average Bonchev–Trinajstić information content (AvgIpc) is 3.30. The Bertz CT molecular complexity index is 681. The van der Waals surface area contributed by atoms with E-state index in [1.807, 2.05) is 18.3 Å². The summed E-state index contributed by atoms with van der Waals surface area (Å²) in [7, 11) is 0. The summed E-state index contributed by atoms with van der Waals surface area (Å²) in [6.07, 6.45) is 4.82. The van der Waals surface area contributed by atoms with Gasteiger partial charge in [-0.05, 0) is 25.0 Å². The Balaban J connectivity index is 1.42. The minimum atomic E-state index is 0.136. The summed E-state index contributed by atoms with van der Waals surface area (Å²) >= 11 is 1.62. The van der Waals surface area contributed by atoms with Crippen LogP contribution in [0.3, 0.4) is 0 Å². The fourth-order valence-electron chi connectivity index (χ4n) is 2.71. The molecule has 2 aromatic rings. The predicted octanol–water partition coefficient (Wildman–Crippen LogP) is 2.44. The fourth-order valence-corrected chi connectivity index (χ4v) is 3.76. The zero-order chi connectivity index (χ0) is 14.9. The maximum absolute atomic E-state index is 11.8. The number of carbonyl (C=O) groups excluding carboxylic acids is 1. The molecule has 5 nitrogen and oxygen atoms in total. The van der Waals surface area contributed by atoms with Crippen LogP contribution in [-0.2, 0) is 24.3 Å². The molecule has 4 rings (SSSR count). The van der Waals surface area contributed by atoms with Crippen molar-refractivity contribution in [2.24, 2.45) is 5.92 Å². The number of pyridine rings is 1. The zero-order valence-electron chi connectivity index (χ0n) is 12.3. The Kier molecular flexibility index (Phi) is 3.63. The van der Waals surface area contributed by atoms with E-state index in [9.17, 15) is 4.79 Å². The lowest BCUT2D eigenvalue weighted by Crippen LogP contribution is -2.29. The summed E-state index contributed by atoms with van der Waals surface area (Å²) in [5.41, 5.74) is 2.24. The van der Waals surface area contributed by atoms with E-state index in [2.05, 4.69) is 26.3 Å². The minimum Gasteiger partial charge on any atom is -0.302 e. The van der Waals surface area contributed by atoms with Crippen molar-refractivity contribution in [1.29, 1.82) is 0 Å². The first-order chi connectivity index (χ1) is 10.8. The van der Waals surface area contributed by atoms with Gasteiger partial charge in [0.2, 0.25) is 5.91 Å². The Labute approximate surface area is 133 Å². The lowest BCUT2D eigenvalue weighted by molar-refractivity contribution is -0.117. The van der Waals surface area contributed by atoms with Gasteiger partial charge in [-0.2, -0.15) is 0 Å². The first kappa shape index (κ1) is 13.8. The van der Waals surface area contributed by atoms with E-state index in [0.29, 0.717) is 0 Å². The van der Waals surface area contributed by atoms with Gasteiger partial charge in [0.15, 0.2) is 5.13 Å². The molecule has 0 aromatic carbocycles. The van der Waals surface area contributed by atoms with Crippen LogP contribution in [0.2, 0.25) is 0 Å². The van der Waals surface area contributed by atoms with Crippen molar-refractivity contribution in [3.05, 3.63) is 40.7 Å². The Morgan fingerprint density at radius 2 is 2.32 bits per heavy atom. The summed E-state index contributed by atoms with van der Waals surface area (Å²) < 4.78 is 0. The third-order valence-electron chi connectivity index (χ3n) is 4.10. The fraction of sp³-hybridized carbons (Fsp3) is 0.438. The third kappa shape index (κ3) is 3.03. The SMILES string of the molecule is O=C(Nc1nc2c(s1)CN(Cc1ccccn1)CC2)C1CC1. The van der Waals surface area contributed by atoms with Crippen molar-refractivity contribution in [3.63, 3.8) is 0 Å². The highest BCUT2D eigenvalue weighted by Gasteiger charge is 2.30. The molecule has 22 heavy (non-hydrogen) atoms. The highest BCUT2D eigenvalue weighted by molar-refractivity contribution is 7.15. The molecule has 0 bridgehead atoms. The number of rotatable bonds is 4. The van der Waals surface area contributed by atoms with Crippen LogP contribution in [-0.4, -0.2) is 27.3 Å². The van der Waals surface area contributed by atoms with Crippen molar-refractivity contribution >= 4 is 22.4 Å². The minimum absolute atomic E-state index is 0.136. The molecule has 1 aliphatic heterocycles. The molecule has 0 saturated heterocycles. The quantitative estimate of drug-likeness (QED) is 0.942. The van der Waals surface area contributed by atoms with Gasteiger partial charge in [-0.15, -0.1) is 11.3 Å². The number of anilines is 1. The van der Waals surface area contributed by atoms with Crippen LogP contribution in [0.15, 0.2) is 24.4 Å². The third-order valence-corrected chi connectivity index (χ3v) is 5.10. The summed E-state index contributed by atoms with van der Waals surface area (Å²) in [6, 6.07) is 6.02. The van der Waals surface area contributed by atoms with Crippen molar-refractivity contribution < 1.29 is 4.79 Å². The first-order valence-electron chi connectivity index (χ1n) is 7.69. The normalized spacial score (nSPS) is 18.0. The summed E-state index contributed by atoms with van der Waals surface area (Å²) in [5.74, 6) is 0.359. The molecule has 0 unspecified atom stereocenters. The molecule has 1 saturated carbocycles. The molecule has 114 valence electrons. The average molecular weight is 314 g/mol. The lowest BCUT2D eigenvalue weighted by atomic mass is 10.1. The highest BCUT2D eigenvalue weighted by atomic mass is 32.1. The van der Waals surface area contributed by atoms with E-state index < -0.39 is 0 Å². The molecule has 6 heteroatoms. The maximum Gasteiger partial charge on any atom is 0.229 e. The topological polar surface area (TPSA) is 58.1 Å². The number of hydrogen-bond donors (Lipinski definition) is 1. The van der Waals surface area contributed by atoms with Crippen molar-refractivity contribution in [1.82, 2.24) is 14.9 Å². The van der Waals surface area contributed by atoms with E-state index in [1.54, 1.807) is 11.3 Å². The molecule has 3 heterocycles. The van der Waals surface area contributed by atoms with Gasteiger partial charge >= 0.3 is 0 Å². The summed E-state index contributed by atoms with van der Waals surface area (Å²) in [4.78, 5) is 24.5. The molecular weight excluding hydrogens is 296 g/mol. The van der Waals surface area contributed by atoms with E-state index >= 15 is 0 Å². The molecule has 0 atom stereocenters. The molecule has 1 aliphatic carbocycles. The number of hydrogen-bond acceptors (Lipinski definition) is 5. The van der Waals surface area contributed by atoms with Gasteiger partial charge in [-0.1, -0.05) is 6.07 Å². The summed E-state index contributed by atoms with van der Waals surface area (Å²) in [6.45, 7) is 2.74. The van der Waals surface area contributed by atoms with Crippen molar-refractivity contribution in [2.75, 3.05) is 11.9 Å². The van der Waals surface area contributed by atoms with E-state index in [1.165, 1.54) is 4.88 Å². The number of thiazole rings is 1. The van der Waals surface area contributed by atoms with Gasteiger partial charge in [-0.25, -0.2) is 4.98 Å². The molecule has 2 aromatic heterocycles. The number of nitrogens with zero attached hydrogens (tertiary/aromatic N) is 3. The molecule has 0 spiro atoms. The van der Waals surface area contributed by atoms with Gasteiger partial charge in [-0.3, -0.25) is 14.7 Å². The predicted molar refractivity (Wildman–Crippen MR) is 85.5 cm³/mol. The monoisotopic (exact) mass is 314 g/mol. The maximum atomic E-state index is 11.8. The van der Waals surface area contributed by atoms with Crippen molar-refractivity contribution in [2.45, 2.75) is 32.4 Å². The van der Waals surface area contributed by atoms with Gasteiger partial charge in [0.25, 0.3) is 0 Å². The molecule has 1 fully saturated rings. The van der Waals surface area contributed by atoms with Gasteiger partial charge in [0.05, 0.1) is 11.4 Å². The van der Waals surface area contributed by atoms with Crippen LogP contribution in [0.1, 0.15) is 29.1 Å². The molecule has 1 amide bonds. The molecular formula is C16H18N4OS. The van der Waals surface area contributed by atoms with Gasteiger partial charge in [0.1, 0.15) is 0 Å². The van der Waals surface area contributed by atoms with E-state index in [0.717, 1.165) is 55.4 Å². The van der Waals surface area contributed by atoms with Gasteiger partial charge < -0.3 is 5.32 Å². The second kappa shape index (κ2) is 5.78. The van der Waals surface area contributed by atoms with Gasteiger partial charge in [0, 0.05) is 43.0 Å². The Hall–Kier alpha value is -1.79. The zero-order valence-corrected chi connectivity index (χ0v) is 13.1. The van der Waals surface area contributed by atoms with Crippen LogP contribution in [0.4, 0.5) is 5.13 Å². The van der Waals surface area contributed by atoms with Crippen LogP contribution in [0.5, 0.6) is 0 Å². The number of fused-ring (bicyclic) bond motifs is 1. The number of nitrogens with one attached hydrogen (secondary N) is 1. The summed E-state index contributed by atoms with van der Waals surface area (Å²) in [5, 5.41) is 3.73. The van der Waals surface area contributed by atoms with E-state index in [-0.39, 0.29) is 11.8 Å². The number of carbonyl (C=O) groups is 1. The largest absolute Gasteiger partial charge is 0.302 e. The van der Waals surface area contributed by atoms with Crippen LogP contribution < -0.4 is 5.32 Å². The number of aromatic nitrogens is 2. The van der Waals surface area contributed by atoms with Crippen LogP contribution >= 0.6 is 11.3 Å². The second-order valence-electron chi connectivity index (χ2n) is 5.93. The Morgan fingerprint density at radius 3 is 3.09 bits per heavy atom. The van der Waals surface area contributed by atoms with Crippen LogP contribution in [0.25, 0.3) is 0 Å². The second-order valence-corrected chi connectivity index (χ2v) is 7.02. The Morgan fingerprint density at radius 1 is 1.41 bits per heavy atom. The highest BCUT2D eigenvalue weighted by Crippen LogP contribution is 2.33. The van der Waals surface area contributed by atoms with E-state index in [4.69, 9.17) is 0 Å². The van der Waals surface area contributed by atoms with Crippen molar-refractivity contribution in [3.8, 4) is 0 Å². The molecule has 0 radical (unpaired) electrons. The van der Waals surface area contributed by atoms with Crippen LogP contribution in [0, 0.1) is 5.92 Å². The smallest absolute Gasteiger partial charge is 0.229 e. The number of amides is 1. The standard InChI is InChI=1S/C16H18N4OS/c21-15(11-4-5-11)19-16-18-13-6-8-20(10-14(13)22-16)9-12-3-1-2-7-17-12/h1-3,7,11H,4-6,8-10H2,(H,18,19,21). The lowest BCUT2D eigenvalue weighted by Gasteiger charge is -2.25. The molecule has 1 N–H and O–H groups in total.